The van der Waals surface area contributed by atoms with Crippen LogP contribution in [0.3, 0.4) is 0 Å². The second kappa shape index (κ2) is 4.16. The Kier molecular flexibility index (Phi) is 3.01. The Morgan fingerprint density at radius 3 is 2.56 bits per heavy atom. The zero-order chi connectivity index (χ0) is 11.8. The standard InChI is InChI=1S/C11H15NO3S/c1-9-2-4-11(5-3-9)16(14,15)12-8-10(12)6-7-13/h2-5,10,13H,6-8H2,1H3/t10-,12?/m0/s1. The summed E-state index contributed by atoms with van der Waals surface area (Å²) in [5.74, 6) is 0. The van der Waals surface area contributed by atoms with Gasteiger partial charge < -0.3 is 5.11 Å². The summed E-state index contributed by atoms with van der Waals surface area (Å²) in [7, 11) is -3.33. The number of benzene rings is 1. The van der Waals surface area contributed by atoms with Gasteiger partial charge in [0.2, 0.25) is 10.0 Å². The van der Waals surface area contributed by atoms with Gasteiger partial charge in [-0.15, -0.1) is 0 Å². The minimum absolute atomic E-state index is 0.0173. The third-order valence-electron chi connectivity index (χ3n) is 2.75. The van der Waals surface area contributed by atoms with Crippen molar-refractivity contribution in [3.05, 3.63) is 29.8 Å². The van der Waals surface area contributed by atoms with E-state index in [1.165, 1.54) is 4.31 Å². The summed E-state index contributed by atoms with van der Waals surface area (Å²) in [6, 6.07) is 6.81. The van der Waals surface area contributed by atoms with Crippen LogP contribution in [0.1, 0.15) is 12.0 Å². The lowest BCUT2D eigenvalue weighted by molar-refractivity contribution is 0.284. The van der Waals surface area contributed by atoms with Crippen molar-refractivity contribution >= 4 is 10.0 Å². The van der Waals surface area contributed by atoms with Gasteiger partial charge in [-0.25, -0.2) is 8.42 Å². The van der Waals surface area contributed by atoms with E-state index in [4.69, 9.17) is 5.11 Å². The SMILES string of the molecule is Cc1ccc(S(=O)(=O)N2C[C@@H]2CCO)cc1. The lowest BCUT2D eigenvalue weighted by Gasteiger charge is -2.06. The first kappa shape index (κ1) is 11.6. The number of hydrogen-bond acceptors (Lipinski definition) is 3. The fourth-order valence-corrected chi connectivity index (χ4v) is 3.30. The Morgan fingerprint density at radius 1 is 1.38 bits per heavy atom. The van der Waals surface area contributed by atoms with Crippen molar-refractivity contribution in [3.63, 3.8) is 0 Å². The maximum absolute atomic E-state index is 12.0. The normalized spacial score (nSPS) is 24.4. The molecule has 4 nitrogen and oxygen atoms in total. The molecule has 0 aliphatic carbocycles. The van der Waals surface area contributed by atoms with Crippen molar-refractivity contribution in [2.24, 2.45) is 0 Å². The van der Waals surface area contributed by atoms with E-state index in [1.54, 1.807) is 24.3 Å². The van der Waals surface area contributed by atoms with Crippen LogP contribution in [0.25, 0.3) is 0 Å². The quantitative estimate of drug-likeness (QED) is 0.791. The molecule has 0 aromatic heterocycles. The zero-order valence-electron chi connectivity index (χ0n) is 9.13. The van der Waals surface area contributed by atoms with Crippen LogP contribution >= 0.6 is 0 Å². The highest BCUT2D eigenvalue weighted by molar-refractivity contribution is 7.89. The number of hydrogen-bond donors (Lipinski definition) is 1. The van der Waals surface area contributed by atoms with E-state index in [0.29, 0.717) is 17.9 Å². The second-order valence-electron chi connectivity index (χ2n) is 4.05. The molecule has 2 atom stereocenters. The van der Waals surface area contributed by atoms with Crippen molar-refractivity contribution in [2.45, 2.75) is 24.3 Å². The maximum Gasteiger partial charge on any atom is 0.243 e. The van der Waals surface area contributed by atoms with E-state index in [-0.39, 0.29) is 12.6 Å². The minimum atomic E-state index is -3.33. The lowest BCUT2D eigenvalue weighted by Crippen LogP contribution is -2.15. The minimum Gasteiger partial charge on any atom is -0.396 e. The first-order valence-electron chi connectivity index (χ1n) is 5.25. The zero-order valence-corrected chi connectivity index (χ0v) is 9.94. The molecular weight excluding hydrogens is 226 g/mol. The van der Waals surface area contributed by atoms with Gasteiger partial charge in [0.05, 0.1) is 4.90 Å². The number of aliphatic hydroxyl groups is 1. The number of aliphatic hydroxyl groups excluding tert-OH is 1. The van der Waals surface area contributed by atoms with Crippen LogP contribution < -0.4 is 0 Å². The van der Waals surface area contributed by atoms with E-state index in [2.05, 4.69) is 0 Å². The molecule has 5 heteroatoms. The van der Waals surface area contributed by atoms with Gasteiger partial charge in [0.15, 0.2) is 0 Å². The lowest BCUT2D eigenvalue weighted by atomic mass is 10.2. The molecule has 0 spiro atoms. The summed E-state index contributed by atoms with van der Waals surface area (Å²) in [5, 5.41) is 8.75. The molecule has 88 valence electrons. The highest BCUT2D eigenvalue weighted by Gasteiger charge is 2.43. The summed E-state index contributed by atoms with van der Waals surface area (Å²) in [4.78, 5) is 0.332. The van der Waals surface area contributed by atoms with Gasteiger partial charge in [0, 0.05) is 19.2 Å². The van der Waals surface area contributed by atoms with Gasteiger partial charge in [-0.3, -0.25) is 0 Å². The van der Waals surface area contributed by atoms with Gasteiger partial charge in [-0.2, -0.15) is 4.31 Å². The van der Waals surface area contributed by atoms with Crippen molar-refractivity contribution in [2.75, 3.05) is 13.2 Å². The number of rotatable bonds is 4. The number of sulfonamides is 1. The van der Waals surface area contributed by atoms with Crippen molar-refractivity contribution in [3.8, 4) is 0 Å². The molecule has 1 aliphatic rings. The molecule has 2 rings (SSSR count). The molecule has 0 amide bonds. The molecule has 0 bridgehead atoms. The Labute approximate surface area is 95.6 Å². The molecule has 1 aliphatic heterocycles. The van der Waals surface area contributed by atoms with Crippen molar-refractivity contribution in [1.82, 2.24) is 4.31 Å². The fraction of sp³-hybridized carbons (Fsp3) is 0.455. The van der Waals surface area contributed by atoms with Gasteiger partial charge in [0.1, 0.15) is 0 Å². The van der Waals surface area contributed by atoms with Gasteiger partial charge in [-0.05, 0) is 25.5 Å². The summed E-state index contributed by atoms with van der Waals surface area (Å²) in [5.41, 5.74) is 1.04. The van der Waals surface area contributed by atoms with Crippen LogP contribution in [0, 0.1) is 6.92 Å². The largest absolute Gasteiger partial charge is 0.396 e. The summed E-state index contributed by atoms with van der Waals surface area (Å²) < 4.78 is 25.5. The highest BCUT2D eigenvalue weighted by atomic mass is 32.2. The fourth-order valence-electron chi connectivity index (χ4n) is 1.68. The molecule has 1 aromatic rings. The van der Waals surface area contributed by atoms with E-state index >= 15 is 0 Å². The third kappa shape index (κ3) is 2.11. The van der Waals surface area contributed by atoms with E-state index in [1.807, 2.05) is 6.92 Å². The molecule has 1 aromatic carbocycles. The van der Waals surface area contributed by atoms with E-state index < -0.39 is 10.0 Å². The average molecular weight is 241 g/mol. The average Bonchev–Trinajstić information content (AvgIpc) is 2.99. The maximum atomic E-state index is 12.0. The van der Waals surface area contributed by atoms with E-state index in [9.17, 15) is 8.42 Å². The summed E-state index contributed by atoms with van der Waals surface area (Å²) in [6.07, 6.45) is 0.519. The topological polar surface area (TPSA) is 57.4 Å². The Bertz CT molecular complexity index is 467. The van der Waals surface area contributed by atoms with Crippen LogP contribution in [-0.4, -0.2) is 37.0 Å². The van der Waals surface area contributed by atoms with Crippen LogP contribution in [0.2, 0.25) is 0 Å². The molecule has 0 radical (unpaired) electrons. The van der Waals surface area contributed by atoms with Crippen LogP contribution in [0.4, 0.5) is 0 Å². The Hall–Kier alpha value is -0.910. The van der Waals surface area contributed by atoms with E-state index in [0.717, 1.165) is 5.56 Å². The van der Waals surface area contributed by atoms with Crippen LogP contribution in [-0.2, 0) is 10.0 Å². The summed E-state index contributed by atoms with van der Waals surface area (Å²) >= 11 is 0. The second-order valence-corrected chi connectivity index (χ2v) is 5.94. The molecule has 16 heavy (non-hydrogen) atoms. The van der Waals surface area contributed by atoms with Gasteiger partial charge in [0.25, 0.3) is 0 Å². The van der Waals surface area contributed by atoms with Gasteiger partial charge in [-0.1, -0.05) is 17.7 Å². The highest BCUT2D eigenvalue weighted by Crippen LogP contribution is 2.29. The van der Waals surface area contributed by atoms with Gasteiger partial charge >= 0.3 is 0 Å². The predicted octanol–water partition coefficient (Wildman–Crippen LogP) is 0.750. The molecular formula is C11H15NO3S. The number of nitrogens with zero attached hydrogens (tertiary/aromatic N) is 1. The molecule has 1 N–H and O–H groups in total. The van der Waals surface area contributed by atoms with Crippen molar-refractivity contribution < 1.29 is 13.5 Å². The third-order valence-corrected chi connectivity index (χ3v) is 4.69. The van der Waals surface area contributed by atoms with Crippen molar-refractivity contribution in [1.29, 1.82) is 0 Å². The summed E-state index contributed by atoms with van der Waals surface area (Å²) in [6.45, 7) is 2.48. The van der Waals surface area contributed by atoms with Crippen LogP contribution in [0.5, 0.6) is 0 Å². The molecule has 0 saturated carbocycles. The molecule has 1 fully saturated rings. The smallest absolute Gasteiger partial charge is 0.243 e. The first-order valence-corrected chi connectivity index (χ1v) is 6.69. The molecule has 1 saturated heterocycles. The Balaban J connectivity index is 2.18. The number of aryl methyl sites for hydroxylation is 1. The first-order chi connectivity index (χ1) is 7.55. The van der Waals surface area contributed by atoms with Crippen LogP contribution in [0.15, 0.2) is 29.2 Å². The monoisotopic (exact) mass is 241 g/mol. The molecule has 1 unspecified atom stereocenters. The Morgan fingerprint density at radius 2 is 2.00 bits per heavy atom. The predicted molar refractivity (Wildman–Crippen MR) is 60.6 cm³/mol. The molecule has 1 heterocycles.